The fraction of sp³-hybridized carbons (Fsp3) is 0.500. The number of amides is 2. The lowest BCUT2D eigenvalue weighted by atomic mass is 9.92. The van der Waals surface area contributed by atoms with Gasteiger partial charge in [0.05, 0.1) is 26.1 Å². The highest BCUT2D eigenvalue weighted by Gasteiger charge is 2.49. The lowest BCUT2D eigenvalue weighted by molar-refractivity contribution is -0.126. The second-order valence-corrected chi connectivity index (χ2v) is 8.77. The molecule has 2 heterocycles. The standard InChI is InChI=1S/C24H32N4O5/c1-15(2)33-11-7-10-25-23(31)24(5)13-27-14-26-19(22(30)32-6)20(27)21(29)28(24)18-9-8-16(3)17(4)12-18/h8-9,12,14-15H,7,10-11,13H2,1-6H3,(H,25,31)/t24-/m0/s1. The number of benzene rings is 1. The summed E-state index contributed by atoms with van der Waals surface area (Å²) in [6.07, 6.45) is 2.18. The number of carbonyl (C=O) groups excluding carboxylic acids is 3. The van der Waals surface area contributed by atoms with E-state index in [-0.39, 0.29) is 29.9 Å². The molecule has 2 amide bonds. The molecule has 9 heteroatoms. The minimum Gasteiger partial charge on any atom is -0.464 e. The molecule has 0 aliphatic carbocycles. The van der Waals surface area contributed by atoms with Gasteiger partial charge in [-0.2, -0.15) is 0 Å². The van der Waals surface area contributed by atoms with E-state index in [4.69, 9.17) is 9.47 Å². The van der Waals surface area contributed by atoms with Crippen LogP contribution in [0, 0.1) is 13.8 Å². The van der Waals surface area contributed by atoms with E-state index < -0.39 is 17.4 Å². The van der Waals surface area contributed by atoms with Gasteiger partial charge in [-0.3, -0.25) is 14.5 Å². The number of aromatic nitrogens is 2. The average molecular weight is 457 g/mol. The Morgan fingerprint density at radius 3 is 2.61 bits per heavy atom. The van der Waals surface area contributed by atoms with Gasteiger partial charge in [-0.1, -0.05) is 6.07 Å². The molecule has 33 heavy (non-hydrogen) atoms. The number of anilines is 1. The number of nitrogens with zero attached hydrogens (tertiary/aromatic N) is 3. The van der Waals surface area contributed by atoms with Crippen molar-refractivity contribution >= 4 is 23.5 Å². The molecule has 0 bridgehead atoms. The second-order valence-electron chi connectivity index (χ2n) is 8.77. The molecule has 0 radical (unpaired) electrons. The average Bonchev–Trinajstić information content (AvgIpc) is 3.18. The van der Waals surface area contributed by atoms with Gasteiger partial charge >= 0.3 is 5.97 Å². The summed E-state index contributed by atoms with van der Waals surface area (Å²) < 4.78 is 11.9. The van der Waals surface area contributed by atoms with Crippen LogP contribution in [-0.4, -0.2) is 59.2 Å². The van der Waals surface area contributed by atoms with Crippen molar-refractivity contribution in [2.45, 2.75) is 59.2 Å². The van der Waals surface area contributed by atoms with Gasteiger partial charge in [0.2, 0.25) is 5.91 Å². The Bertz CT molecular complexity index is 1060. The summed E-state index contributed by atoms with van der Waals surface area (Å²) in [6, 6.07) is 5.60. The number of esters is 1. The summed E-state index contributed by atoms with van der Waals surface area (Å²) in [6.45, 7) is 10.7. The summed E-state index contributed by atoms with van der Waals surface area (Å²) in [5.41, 5.74) is 1.44. The molecule has 2 aromatic rings. The van der Waals surface area contributed by atoms with E-state index >= 15 is 0 Å². The third-order valence-corrected chi connectivity index (χ3v) is 5.89. The van der Waals surface area contributed by atoms with Crippen LogP contribution in [0.1, 0.15) is 59.3 Å². The van der Waals surface area contributed by atoms with Gasteiger partial charge in [0, 0.05) is 18.8 Å². The van der Waals surface area contributed by atoms with Crippen molar-refractivity contribution in [1.82, 2.24) is 14.9 Å². The third-order valence-electron chi connectivity index (χ3n) is 5.89. The van der Waals surface area contributed by atoms with E-state index in [9.17, 15) is 14.4 Å². The summed E-state index contributed by atoms with van der Waals surface area (Å²) in [5, 5.41) is 2.95. The summed E-state index contributed by atoms with van der Waals surface area (Å²) in [4.78, 5) is 45.0. The SMILES string of the molecule is COC(=O)c1ncn2c1C(=O)N(c1ccc(C)c(C)c1)[C@](C)(C(=O)NCCCOC(C)C)C2. The molecular formula is C24H32N4O5. The number of aryl methyl sites for hydroxylation is 2. The fourth-order valence-corrected chi connectivity index (χ4v) is 3.93. The van der Waals surface area contributed by atoms with Crippen molar-refractivity contribution in [3.05, 3.63) is 47.0 Å². The lowest BCUT2D eigenvalue weighted by Gasteiger charge is -2.43. The molecule has 0 spiro atoms. The zero-order chi connectivity index (χ0) is 24.3. The van der Waals surface area contributed by atoms with E-state index in [0.717, 1.165) is 11.1 Å². The van der Waals surface area contributed by atoms with E-state index in [1.165, 1.54) is 18.3 Å². The van der Waals surface area contributed by atoms with Gasteiger partial charge in [-0.05, 0) is 64.3 Å². The topological polar surface area (TPSA) is 103 Å². The minimum absolute atomic E-state index is 0.0652. The molecule has 1 aliphatic heterocycles. The third kappa shape index (κ3) is 4.78. The van der Waals surface area contributed by atoms with Crippen LogP contribution >= 0.6 is 0 Å². The first-order valence-electron chi connectivity index (χ1n) is 11.0. The predicted molar refractivity (Wildman–Crippen MR) is 123 cm³/mol. The molecule has 0 unspecified atom stereocenters. The molecule has 9 nitrogen and oxygen atoms in total. The van der Waals surface area contributed by atoms with Crippen LogP contribution in [0.15, 0.2) is 24.5 Å². The molecule has 0 saturated carbocycles. The monoisotopic (exact) mass is 456 g/mol. The highest BCUT2D eigenvalue weighted by Crippen LogP contribution is 2.34. The number of rotatable bonds is 8. The first-order valence-corrected chi connectivity index (χ1v) is 11.0. The Balaban J connectivity index is 1.98. The number of hydrogen-bond donors (Lipinski definition) is 1. The molecule has 178 valence electrons. The summed E-state index contributed by atoms with van der Waals surface area (Å²) in [5.74, 6) is -1.48. The maximum atomic E-state index is 13.7. The van der Waals surface area contributed by atoms with Crippen molar-refractivity contribution in [2.24, 2.45) is 0 Å². The second kappa shape index (κ2) is 9.74. The van der Waals surface area contributed by atoms with Gasteiger partial charge in [-0.25, -0.2) is 9.78 Å². The number of carbonyl (C=O) groups is 3. The molecule has 1 atom stereocenters. The van der Waals surface area contributed by atoms with Crippen LogP contribution in [0.5, 0.6) is 0 Å². The maximum absolute atomic E-state index is 13.7. The van der Waals surface area contributed by atoms with Crippen molar-refractivity contribution in [2.75, 3.05) is 25.2 Å². The highest BCUT2D eigenvalue weighted by molar-refractivity contribution is 6.15. The Hall–Kier alpha value is -3.20. The van der Waals surface area contributed by atoms with Crippen LogP contribution in [0.3, 0.4) is 0 Å². The Morgan fingerprint density at radius 1 is 1.24 bits per heavy atom. The zero-order valence-corrected chi connectivity index (χ0v) is 20.1. The van der Waals surface area contributed by atoms with E-state index in [1.807, 2.05) is 45.9 Å². The Labute approximate surface area is 194 Å². The molecular weight excluding hydrogens is 424 g/mol. The Morgan fingerprint density at radius 2 is 1.97 bits per heavy atom. The van der Waals surface area contributed by atoms with Gasteiger partial charge in [0.1, 0.15) is 11.2 Å². The number of imidazole rings is 1. The van der Waals surface area contributed by atoms with Gasteiger partial charge in [0.25, 0.3) is 5.91 Å². The largest absolute Gasteiger partial charge is 0.464 e. The maximum Gasteiger partial charge on any atom is 0.359 e. The van der Waals surface area contributed by atoms with Crippen molar-refractivity contribution in [1.29, 1.82) is 0 Å². The lowest BCUT2D eigenvalue weighted by Crippen LogP contribution is -2.64. The minimum atomic E-state index is -1.24. The molecule has 0 fully saturated rings. The van der Waals surface area contributed by atoms with Gasteiger partial charge in [-0.15, -0.1) is 0 Å². The molecule has 1 N–H and O–H groups in total. The predicted octanol–water partition coefficient (Wildman–Crippen LogP) is 2.64. The first kappa shape index (κ1) is 24.4. The van der Waals surface area contributed by atoms with E-state index in [0.29, 0.717) is 25.3 Å². The molecule has 0 saturated heterocycles. The summed E-state index contributed by atoms with van der Waals surface area (Å²) in [7, 11) is 1.24. The molecule has 1 aromatic heterocycles. The Kier molecular flexibility index (Phi) is 7.22. The highest BCUT2D eigenvalue weighted by atomic mass is 16.5. The van der Waals surface area contributed by atoms with Crippen LogP contribution in [-0.2, 0) is 20.8 Å². The number of fused-ring (bicyclic) bond motifs is 1. The first-order chi connectivity index (χ1) is 15.6. The van der Waals surface area contributed by atoms with Crippen LogP contribution in [0.25, 0.3) is 0 Å². The molecule has 1 aromatic carbocycles. The van der Waals surface area contributed by atoms with Gasteiger partial charge < -0.3 is 19.4 Å². The smallest absolute Gasteiger partial charge is 0.359 e. The fourth-order valence-electron chi connectivity index (χ4n) is 3.93. The van der Waals surface area contributed by atoms with Crippen LogP contribution in [0.2, 0.25) is 0 Å². The van der Waals surface area contributed by atoms with E-state index in [1.54, 1.807) is 11.5 Å². The quantitative estimate of drug-likeness (QED) is 0.484. The molecule has 3 rings (SSSR count). The number of nitrogens with one attached hydrogen (secondary N) is 1. The van der Waals surface area contributed by atoms with Crippen LogP contribution < -0.4 is 10.2 Å². The van der Waals surface area contributed by atoms with Crippen molar-refractivity contribution in [3.63, 3.8) is 0 Å². The van der Waals surface area contributed by atoms with Gasteiger partial charge in [0.15, 0.2) is 5.69 Å². The number of methoxy groups -OCH3 is 1. The zero-order valence-electron chi connectivity index (χ0n) is 20.1. The van der Waals surface area contributed by atoms with Crippen molar-refractivity contribution in [3.8, 4) is 0 Å². The number of ether oxygens (including phenoxy) is 2. The number of hydrogen-bond acceptors (Lipinski definition) is 6. The molecule has 1 aliphatic rings. The normalized spacial score (nSPS) is 17.8. The van der Waals surface area contributed by atoms with Crippen LogP contribution in [0.4, 0.5) is 5.69 Å². The summed E-state index contributed by atoms with van der Waals surface area (Å²) >= 11 is 0. The van der Waals surface area contributed by atoms with Crippen molar-refractivity contribution < 1.29 is 23.9 Å². The van der Waals surface area contributed by atoms with E-state index in [2.05, 4.69) is 10.3 Å².